The molecule has 2 aliphatic rings. The molecule has 4 rings (SSSR count). The second-order valence-electron chi connectivity index (χ2n) is 7.41. The maximum atomic E-state index is 12.0. The third-order valence-electron chi connectivity index (χ3n) is 5.56. The summed E-state index contributed by atoms with van der Waals surface area (Å²) in [7, 11) is 3.54. The minimum atomic E-state index is 0.0267. The van der Waals surface area contributed by atoms with Gasteiger partial charge in [-0.2, -0.15) is 5.10 Å². The highest BCUT2D eigenvalue weighted by Gasteiger charge is 2.27. The van der Waals surface area contributed by atoms with Gasteiger partial charge in [-0.25, -0.2) is 4.68 Å². The first kappa shape index (κ1) is 16.3. The summed E-state index contributed by atoms with van der Waals surface area (Å²) < 4.78 is 1.97. The van der Waals surface area contributed by atoms with Crippen LogP contribution >= 0.6 is 0 Å². The number of carbonyl (C=O) groups is 1. The minimum absolute atomic E-state index is 0.0267. The smallest absolute Gasteiger partial charge is 0.253 e. The van der Waals surface area contributed by atoms with Crippen molar-refractivity contribution in [2.24, 2.45) is 0 Å². The Morgan fingerprint density at radius 1 is 1.12 bits per heavy atom. The van der Waals surface area contributed by atoms with Gasteiger partial charge in [0.25, 0.3) is 5.91 Å². The summed E-state index contributed by atoms with van der Waals surface area (Å²) in [4.78, 5) is 16.2. The molecule has 1 amide bonds. The Labute approximate surface area is 149 Å². The molecule has 1 saturated carbocycles. The quantitative estimate of drug-likeness (QED) is 0.863. The number of carbonyl (C=O) groups excluding carboxylic acids is 1. The van der Waals surface area contributed by atoms with E-state index in [0.29, 0.717) is 5.56 Å². The second kappa shape index (κ2) is 6.64. The van der Waals surface area contributed by atoms with Gasteiger partial charge in [-0.15, -0.1) is 0 Å². The number of hydrogen-bond acceptors (Lipinski definition) is 3. The van der Waals surface area contributed by atoms with Gasteiger partial charge in [-0.05, 0) is 49.1 Å². The summed E-state index contributed by atoms with van der Waals surface area (Å²) >= 11 is 0. The van der Waals surface area contributed by atoms with Crippen LogP contribution in [-0.2, 0) is 12.8 Å². The highest BCUT2D eigenvalue weighted by molar-refractivity contribution is 5.94. The maximum Gasteiger partial charge on any atom is 0.253 e. The Balaban J connectivity index is 1.49. The van der Waals surface area contributed by atoms with Gasteiger partial charge in [0.1, 0.15) is 0 Å². The Hall–Kier alpha value is -2.14. The Kier molecular flexibility index (Phi) is 4.34. The number of aromatic nitrogens is 2. The zero-order valence-electron chi connectivity index (χ0n) is 15.1. The van der Waals surface area contributed by atoms with E-state index in [1.165, 1.54) is 30.5 Å². The summed E-state index contributed by atoms with van der Waals surface area (Å²) in [6, 6.07) is 8.53. The molecule has 1 fully saturated rings. The minimum Gasteiger partial charge on any atom is -0.345 e. The molecule has 1 aliphatic carbocycles. The lowest BCUT2D eigenvalue weighted by Gasteiger charge is -2.36. The molecule has 132 valence electrons. The van der Waals surface area contributed by atoms with Gasteiger partial charge in [0.15, 0.2) is 0 Å². The molecule has 0 bridgehead atoms. The Bertz CT molecular complexity index is 733. The van der Waals surface area contributed by atoms with Crippen molar-refractivity contribution in [1.29, 1.82) is 0 Å². The molecule has 2 aromatic rings. The first-order valence-electron chi connectivity index (χ1n) is 9.25. The summed E-state index contributed by atoms with van der Waals surface area (Å²) in [5, 5.41) is 4.82. The highest BCUT2D eigenvalue weighted by Crippen LogP contribution is 2.27. The van der Waals surface area contributed by atoms with Crippen LogP contribution in [0.15, 0.2) is 30.5 Å². The van der Waals surface area contributed by atoms with Gasteiger partial charge in [0.05, 0.1) is 11.4 Å². The monoisotopic (exact) mass is 338 g/mol. The fraction of sp³-hybridized carbons (Fsp3) is 0.500. The summed E-state index contributed by atoms with van der Waals surface area (Å²) in [6.07, 6.45) is 8.43. The van der Waals surface area contributed by atoms with Gasteiger partial charge in [0, 0.05) is 51.4 Å². The predicted octanol–water partition coefficient (Wildman–Crippen LogP) is 2.53. The standard InChI is InChI=1S/C20H26N4O/c1-22(2)20(25)15-6-8-18(9-7-15)24-14-16-10-12-23(17-4-3-5-17)13-11-19(16)21-24/h6-9,14,17H,3-5,10-13H2,1-2H3. The van der Waals surface area contributed by atoms with Gasteiger partial charge >= 0.3 is 0 Å². The average Bonchev–Trinajstić information content (AvgIpc) is 2.89. The van der Waals surface area contributed by atoms with Gasteiger partial charge < -0.3 is 4.90 Å². The zero-order chi connectivity index (χ0) is 17.4. The van der Waals surface area contributed by atoms with Gasteiger partial charge in [-0.3, -0.25) is 9.69 Å². The van der Waals surface area contributed by atoms with Crippen LogP contribution < -0.4 is 0 Å². The lowest BCUT2D eigenvalue weighted by molar-refractivity contribution is 0.0827. The van der Waals surface area contributed by atoms with Crippen molar-refractivity contribution in [3.63, 3.8) is 0 Å². The fourth-order valence-electron chi connectivity index (χ4n) is 3.75. The normalized spacial score (nSPS) is 18.3. The number of fused-ring (bicyclic) bond motifs is 1. The Morgan fingerprint density at radius 2 is 1.84 bits per heavy atom. The molecule has 5 heteroatoms. The van der Waals surface area contributed by atoms with Crippen molar-refractivity contribution in [3.05, 3.63) is 47.3 Å². The van der Waals surface area contributed by atoms with Crippen molar-refractivity contribution < 1.29 is 4.79 Å². The van der Waals surface area contributed by atoms with Crippen molar-refractivity contribution >= 4 is 5.91 Å². The molecule has 0 spiro atoms. The van der Waals surface area contributed by atoms with Crippen molar-refractivity contribution in [2.45, 2.75) is 38.1 Å². The summed E-state index contributed by atoms with van der Waals surface area (Å²) in [6.45, 7) is 2.28. The fourth-order valence-corrected chi connectivity index (χ4v) is 3.75. The number of hydrogen-bond donors (Lipinski definition) is 0. The first-order chi connectivity index (χ1) is 12.1. The predicted molar refractivity (Wildman–Crippen MR) is 98.2 cm³/mol. The molecule has 0 saturated heterocycles. The molecule has 0 atom stereocenters. The largest absolute Gasteiger partial charge is 0.345 e. The van der Waals surface area contributed by atoms with Crippen LogP contribution in [-0.4, -0.2) is 58.7 Å². The van der Waals surface area contributed by atoms with E-state index in [1.54, 1.807) is 19.0 Å². The molecular weight excluding hydrogens is 312 g/mol. The van der Waals surface area contributed by atoms with Crippen LogP contribution in [0.5, 0.6) is 0 Å². The topological polar surface area (TPSA) is 41.4 Å². The van der Waals surface area contributed by atoms with E-state index in [2.05, 4.69) is 11.1 Å². The molecule has 25 heavy (non-hydrogen) atoms. The van der Waals surface area contributed by atoms with Crippen molar-refractivity contribution in [1.82, 2.24) is 19.6 Å². The van der Waals surface area contributed by atoms with Crippen LogP contribution in [0, 0.1) is 0 Å². The van der Waals surface area contributed by atoms with E-state index in [4.69, 9.17) is 5.10 Å². The zero-order valence-corrected chi connectivity index (χ0v) is 15.1. The van der Waals surface area contributed by atoms with E-state index >= 15 is 0 Å². The van der Waals surface area contributed by atoms with E-state index in [-0.39, 0.29) is 5.91 Å². The molecule has 0 N–H and O–H groups in total. The van der Waals surface area contributed by atoms with E-state index in [1.807, 2.05) is 28.9 Å². The van der Waals surface area contributed by atoms with Crippen LogP contribution in [0.2, 0.25) is 0 Å². The number of benzene rings is 1. The van der Waals surface area contributed by atoms with Gasteiger partial charge in [-0.1, -0.05) is 6.42 Å². The lowest BCUT2D eigenvalue weighted by Crippen LogP contribution is -2.41. The van der Waals surface area contributed by atoms with Crippen LogP contribution in [0.3, 0.4) is 0 Å². The molecular formula is C20H26N4O. The molecule has 0 unspecified atom stereocenters. The Morgan fingerprint density at radius 3 is 2.48 bits per heavy atom. The second-order valence-corrected chi connectivity index (χ2v) is 7.41. The third kappa shape index (κ3) is 3.21. The SMILES string of the molecule is CN(C)C(=O)c1ccc(-n2cc3c(n2)CCN(C2CCC2)CC3)cc1. The van der Waals surface area contributed by atoms with E-state index in [9.17, 15) is 4.79 Å². The molecule has 2 heterocycles. The summed E-state index contributed by atoms with van der Waals surface area (Å²) in [5.74, 6) is 0.0267. The first-order valence-corrected chi connectivity index (χ1v) is 9.25. The van der Waals surface area contributed by atoms with E-state index in [0.717, 1.165) is 37.7 Å². The molecule has 1 aromatic heterocycles. The average molecular weight is 338 g/mol. The highest BCUT2D eigenvalue weighted by atomic mass is 16.2. The lowest BCUT2D eigenvalue weighted by atomic mass is 9.91. The number of amides is 1. The van der Waals surface area contributed by atoms with Crippen molar-refractivity contribution in [3.8, 4) is 5.69 Å². The molecule has 1 aliphatic heterocycles. The van der Waals surface area contributed by atoms with Crippen LogP contribution in [0.1, 0.15) is 40.9 Å². The maximum absolute atomic E-state index is 12.0. The van der Waals surface area contributed by atoms with Crippen LogP contribution in [0.4, 0.5) is 0 Å². The van der Waals surface area contributed by atoms with Crippen LogP contribution in [0.25, 0.3) is 5.69 Å². The molecule has 0 radical (unpaired) electrons. The van der Waals surface area contributed by atoms with Gasteiger partial charge in [0.2, 0.25) is 0 Å². The number of rotatable bonds is 3. The molecule has 5 nitrogen and oxygen atoms in total. The third-order valence-corrected chi connectivity index (χ3v) is 5.56. The van der Waals surface area contributed by atoms with E-state index < -0.39 is 0 Å². The van der Waals surface area contributed by atoms with Crippen molar-refractivity contribution in [2.75, 3.05) is 27.2 Å². The summed E-state index contributed by atoms with van der Waals surface area (Å²) in [5.41, 5.74) is 4.32. The number of nitrogens with zero attached hydrogens (tertiary/aromatic N) is 4. The molecule has 1 aromatic carbocycles.